The highest BCUT2D eigenvalue weighted by molar-refractivity contribution is 5.84. The molecule has 0 aromatic heterocycles. The summed E-state index contributed by atoms with van der Waals surface area (Å²) in [4.78, 5) is 11.6. The monoisotopic (exact) mass is 186 g/mol. The molecule has 0 aromatic carbocycles. The largest absolute Gasteiger partial charge is 0.368 e. The lowest BCUT2D eigenvalue weighted by atomic mass is 10.0. The summed E-state index contributed by atoms with van der Waals surface area (Å²) in [6, 6.07) is 0. The zero-order valence-electron chi connectivity index (χ0n) is 9.46. The predicted octanol–water partition coefficient (Wildman–Crippen LogP) is 2.81. The van der Waals surface area contributed by atoms with Crippen molar-refractivity contribution >= 4 is 5.78 Å². The number of ketones is 1. The van der Waals surface area contributed by atoms with Crippen LogP contribution in [0.5, 0.6) is 0 Å². The Bertz CT molecular complexity index is 150. The fourth-order valence-corrected chi connectivity index (χ4v) is 1.24. The van der Waals surface area contributed by atoms with Crippen LogP contribution in [0.1, 0.15) is 47.5 Å². The van der Waals surface area contributed by atoms with Crippen LogP contribution in [0.3, 0.4) is 0 Å². The summed E-state index contributed by atoms with van der Waals surface area (Å²) in [5.41, 5.74) is 0. The van der Waals surface area contributed by atoms with Crippen LogP contribution in [0.25, 0.3) is 0 Å². The van der Waals surface area contributed by atoms with E-state index >= 15 is 0 Å². The first kappa shape index (κ1) is 12.6. The molecule has 0 rings (SSSR count). The maximum atomic E-state index is 11.6. The van der Waals surface area contributed by atoms with E-state index in [1.165, 1.54) is 0 Å². The van der Waals surface area contributed by atoms with E-state index < -0.39 is 0 Å². The Balaban J connectivity index is 4.15. The lowest BCUT2D eigenvalue weighted by molar-refractivity contribution is -0.136. The van der Waals surface area contributed by atoms with Crippen molar-refractivity contribution in [2.75, 3.05) is 0 Å². The van der Waals surface area contributed by atoms with Gasteiger partial charge in [-0.2, -0.15) is 0 Å². The Morgan fingerprint density at radius 3 is 2.08 bits per heavy atom. The first-order chi connectivity index (χ1) is 5.99. The number of hydrogen-bond donors (Lipinski definition) is 0. The molecule has 0 spiro atoms. The van der Waals surface area contributed by atoms with Crippen LogP contribution >= 0.6 is 0 Å². The zero-order chi connectivity index (χ0) is 10.4. The molecule has 0 saturated carbocycles. The molecule has 0 aliphatic carbocycles. The second-order valence-corrected chi connectivity index (χ2v) is 4.02. The first-order valence-corrected chi connectivity index (χ1v) is 5.18. The van der Waals surface area contributed by atoms with Gasteiger partial charge in [0.1, 0.15) is 6.10 Å². The molecule has 0 aromatic rings. The van der Waals surface area contributed by atoms with Gasteiger partial charge in [0.05, 0.1) is 6.10 Å². The van der Waals surface area contributed by atoms with E-state index in [1.807, 2.05) is 27.7 Å². The molecule has 0 unspecified atom stereocenters. The third-order valence-corrected chi connectivity index (χ3v) is 1.87. The van der Waals surface area contributed by atoms with E-state index in [0.717, 1.165) is 12.8 Å². The van der Waals surface area contributed by atoms with Crippen molar-refractivity contribution < 1.29 is 9.53 Å². The summed E-state index contributed by atoms with van der Waals surface area (Å²) >= 11 is 0. The minimum atomic E-state index is -0.190. The average molecular weight is 186 g/mol. The Hall–Kier alpha value is -0.370. The lowest BCUT2D eigenvalue weighted by Gasteiger charge is -2.20. The second-order valence-electron chi connectivity index (χ2n) is 4.02. The van der Waals surface area contributed by atoms with E-state index in [0.29, 0.717) is 0 Å². The third kappa shape index (κ3) is 5.04. The van der Waals surface area contributed by atoms with Crippen molar-refractivity contribution in [3.8, 4) is 0 Å². The van der Waals surface area contributed by atoms with E-state index in [1.54, 1.807) is 0 Å². The van der Waals surface area contributed by atoms with Gasteiger partial charge in [-0.3, -0.25) is 4.79 Å². The highest BCUT2D eigenvalue weighted by atomic mass is 16.5. The van der Waals surface area contributed by atoms with Gasteiger partial charge in [0.2, 0.25) is 0 Å². The number of carbonyl (C=O) groups excluding carboxylic acids is 1. The van der Waals surface area contributed by atoms with Crippen LogP contribution in [0, 0.1) is 5.92 Å². The summed E-state index contributed by atoms with van der Waals surface area (Å²) in [7, 11) is 0. The second kappa shape index (κ2) is 6.14. The summed E-state index contributed by atoms with van der Waals surface area (Å²) in [5, 5.41) is 0. The lowest BCUT2D eigenvalue weighted by Crippen LogP contribution is -2.30. The molecule has 0 saturated heterocycles. The minimum absolute atomic E-state index is 0.0790. The van der Waals surface area contributed by atoms with Gasteiger partial charge in [0.25, 0.3) is 0 Å². The Labute approximate surface area is 81.7 Å². The molecular weight excluding hydrogens is 164 g/mol. The van der Waals surface area contributed by atoms with E-state index in [9.17, 15) is 4.79 Å². The molecule has 78 valence electrons. The topological polar surface area (TPSA) is 26.3 Å². The quantitative estimate of drug-likeness (QED) is 0.637. The molecule has 13 heavy (non-hydrogen) atoms. The molecule has 0 aliphatic heterocycles. The summed E-state index contributed by atoms with van der Waals surface area (Å²) in [5.74, 6) is 0.311. The van der Waals surface area contributed by atoms with Gasteiger partial charge >= 0.3 is 0 Å². The van der Waals surface area contributed by atoms with Gasteiger partial charge in [-0.25, -0.2) is 0 Å². The number of Topliss-reactive ketones (excluding diaryl/α,β-unsaturated/α-hetero) is 1. The Morgan fingerprint density at radius 2 is 1.77 bits per heavy atom. The van der Waals surface area contributed by atoms with Crippen molar-refractivity contribution in [1.29, 1.82) is 0 Å². The SMILES string of the molecule is CCC[C@H](OC(C)C)C(=O)C(C)C. The van der Waals surface area contributed by atoms with Crippen LogP contribution in [0.2, 0.25) is 0 Å². The predicted molar refractivity (Wildman–Crippen MR) is 54.8 cm³/mol. The van der Waals surface area contributed by atoms with Crippen molar-refractivity contribution in [3.05, 3.63) is 0 Å². The minimum Gasteiger partial charge on any atom is -0.368 e. The highest BCUT2D eigenvalue weighted by Crippen LogP contribution is 2.11. The van der Waals surface area contributed by atoms with Gasteiger partial charge in [-0.05, 0) is 20.3 Å². The number of rotatable bonds is 6. The molecule has 2 heteroatoms. The number of hydrogen-bond acceptors (Lipinski definition) is 2. The van der Waals surface area contributed by atoms with Crippen molar-refractivity contribution in [2.24, 2.45) is 5.92 Å². The van der Waals surface area contributed by atoms with Gasteiger partial charge in [-0.15, -0.1) is 0 Å². The average Bonchev–Trinajstić information content (AvgIpc) is 2.01. The fraction of sp³-hybridized carbons (Fsp3) is 0.909. The van der Waals surface area contributed by atoms with Crippen molar-refractivity contribution in [2.45, 2.75) is 59.7 Å². The summed E-state index contributed by atoms with van der Waals surface area (Å²) in [6.45, 7) is 9.86. The maximum Gasteiger partial charge on any atom is 0.164 e. The van der Waals surface area contributed by atoms with Crippen LogP contribution in [0.15, 0.2) is 0 Å². The zero-order valence-corrected chi connectivity index (χ0v) is 9.46. The number of ether oxygens (including phenoxy) is 1. The van der Waals surface area contributed by atoms with Gasteiger partial charge in [0.15, 0.2) is 5.78 Å². The van der Waals surface area contributed by atoms with Crippen LogP contribution in [-0.2, 0) is 9.53 Å². The first-order valence-electron chi connectivity index (χ1n) is 5.18. The highest BCUT2D eigenvalue weighted by Gasteiger charge is 2.21. The van der Waals surface area contributed by atoms with Gasteiger partial charge < -0.3 is 4.74 Å². The van der Waals surface area contributed by atoms with E-state index in [-0.39, 0.29) is 23.9 Å². The van der Waals surface area contributed by atoms with E-state index in [4.69, 9.17) is 4.74 Å². The van der Waals surface area contributed by atoms with Gasteiger partial charge in [0, 0.05) is 5.92 Å². The maximum absolute atomic E-state index is 11.6. The smallest absolute Gasteiger partial charge is 0.164 e. The summed E-state index contributed by atoms with van der Waals surface area (Å²) in [6.07, 6.45) is 1.79. The Kier molecular flexibility index (Phi) is 5.97. The molecule has 2 nitrogen and oxygen atoms in total. The van der Waals surface area contributed by atoms with Crippen LogP contribution < -0.4 is 0 Å². The molecule has 0 amide bonds. The molecule has 0 radical (unpaired) electrons. The number of carbonyl (C=O) groups is 1. The third-order valence-electron chi connectivity index (χ3n) is 1.87. The van der Waals surface area contributed by atoms with Crippen molar-refractivity contribution in [3.63, 3.8) is 0 Å². The standard InChI is InChI=1S/C11H22O2/c1-6-7-10(13-9(4)5)11(12)8(2)3/h8-10H,6-7H2,1-5H3/t10-/m0/s1. The molecule has 0 bridgehead atoms. The normalized spacial score (nSPS) is 13.8. The summed E-state index contributed by atoms with van der Waals surface area (Å²) < 4.78 is 5.56. The fourth-order valence-electron chi connectivity index (χ4n) is 1.24. The Morgan fingerprint density at radius 1 is 1.23 bits per heavy atom. The van der Waals surface area contributed by atoms with E-state index in [2.05, 4.69) is 6.92 Å². The van der Waals surface area contributed by atoms with Gasteiger partial charge in [-0.1, -0.05) is 27.2 Å². The molecule has 0 N–H and O–H groups in total. The molecular formula is C11H22O2. The van der Waals surface area contributed by atoms with Crippen molar-refractivity contribution in [1.82, 2.24) is 0 Å². The van der Waals surface area contributed by atoms with Crippen LogP contribution in [-0.4, -0.2) is 18.0 Å². The molecule has 0 aliphatic rings. The van der Waals surface area contributed by atoms with Crippen LogP contribution in [0.4, 0.5) is 0 Å². The molecule has 0 heterocycles. The molecule has 0 fully saturated rings. The molecule has 1 atom stereocenters.